The molecule has 2 aliphatic heterocycles. The number of ether oxygens (including phenoxy) is 2. The summed E-state index contributed by atoms with van der Waals surface area (Å²) >= 11 is 0. The molecule has 4 nitrogen and oxygen atoms in total. The Bertz CT molecular complexity index is 255. The zero-order valence-corrected chi connectivity index (χ0v) is 12.5. The second-order valence-corrected chi connectivity index (χ2v) is 6.41. The second kappa shape index (κ2) is 7.58. The van der Waals surface area contributed by atoms with E-state index in [4.69, 9.17) is 9.47 Å². The third-order valence-electron chi connectivity index (χ3n) is 4.51. The van der Waals surface area contributed by atoms with Crippen LogP contribution < -0.4 is 10.6 Å². The molecule has 0 aromatic rings. The van der Waals surface area contributed by atoms with Gasteiger partial charge in [0.05, 0.1) is 13.2 Å². The van der Waals surface area contributed by atoms with Crippen LogP contribution in [0.15, 0.2) is 0 Å². The molecule has 0 saturated carbocycles. The normalized spacial score (nSPS) is 30.6. The smallest absolute Gasteiger partial charge is 0.0623 e. The summed E-state index contributed by atoms with van der Waals surface area (Å²) in [5.41, 5.74) is 0.421. The van der Waals surface area contributed by atoms with Crippen molar-refractivity contribution in [3.8, 4) is 0 Å². The van der Waals surface area contributed by atoms with Gasteiger partial charge in [-0.3, -0.25) is 0 Å². The third-order valence-corrected chi connectivity index (χ3v) is 4.51. The van der Waals surface area contributed by atoms with Crippen molar-refractivity contribution in [3.05, 3.63) is 0 Å². The summed E-state index contributed by atoms with van der Waals surface area (Å²) in [5, 5.41) is 7.26. The molecule has 0 aliphatic carbocycles. The minimum absolute atomic E-state index is 0.421. The Morgan fingerprint density at radius 2 is 1.95 bits per heavy atom. The molecule has 0 radical (unpaired) electrons. The lowest BCUT2D eigenvalue weighted by molar-refractivity contribution is 0.0236. The van der Waals surface area contributed by atoms with E-state index in [0.717, 1.165) is 46.1 Å². The second-order valence-electron chi connectivity index (χ2n) is 6.41. The van der Waals surface area contributed by atoms with Gasteiger partial charge in [0.2, 0.25) is 0 Å². The minimum Gasteiger partial charge on any atom is -0.381 e. The average Bonchev–Trinajstić information content (AvgIpc) is 2.84. The van der Waals surface area contributed by atoms with Crippen LogP contribution in [-0.2, 0) is 9.47 Å². The monoisotopic (exact) mass is 270 g/mol. The quantitative estimate of drug-likeness (QED) is 0.734. The first-order chi connectivity index (χ1) is 9.23. The molecule has 2 N–H and O–H groups in total. The first-order valence-electron chi connectivity index (χ1n) is 7.83. The van der Waals surface area contributed by atoms with Crippen molar-refractivity contribution in [1.82, 2.24) is 10.6 Å². The Morgan fingerprint density at radius 3 is 2.68 bits per heavy atom. The Morgan fingerprint density at radius 1 is 1.16 bits per heavy atom. The summed E-state index contributed by atoms with van der Waals surface area (Å²) in [5.74, 6) is 0.620. The number of hydrogen-bond acceptors (Lipinski definition) is 4. The topological polar surface area (TPSA) is 42.5 Å². The van der Waals surface area contributed by atoms with Gasteiger partial charge >= 0.3 is 0 Å². The van der Waals surface area contributed by atoms with Crippen LogP contribution in [0.25, 0.3) is 0 Å². The maximum atomic E-state index is 5.61. The van der Waals surface area contributed by atoms with Crippen LogP contribution in [0.1, 0.15) is 33.1 Å². The maximum Gasteiger partial charge on any atom is 0.0623 e. The fraction of sp³-hybridized carbons (Fsp3) is 1.00. The lowest BCUT2D eigenvalue weighted by Gasteiger charge is -2.34. The van der Waals surface area contributed by atoms with Gasteiger partial charge in [-0.25, -0.2) is 0 Å². The molecule has 0 aromatic carbocycles. The molecule has 0 spiro atoms. The molecule has 2 fully saturated rings. The van der Waals surface area contributed by atoms with Crippen LogP contribution in [0, 0.1) is 11.3 Å². The first-order valence-corrected chi connectivity index (χ1v) is 7.83. The molecule has 0 amide bonds. The highest BCUT2D eigenvalue weighted by atomic mass is 16.5. The zero-order chi connectivity index (χ0) is 13.6. The predicted octanol–water partition coefficient (Wildman–Crippen LogP) is 1.41. The molecule has 4 heteroatoms. The van der Waals surface area contributed by atoms with Crippen LogP contribution in [0.5, 0.6) is 0 Å². The Labute approximate surface area is 117 Å². The number of rotatable bonds is 7. The van der Waals surface area contributed by atoms with E-state index in [0.29, 0.717) is 17.4 Å². The van der Waals surface area contributed by atoms with Crippen molar-refractivity contribution in [2.24, 2.45) is 11.3 Å². The van der Waals surface area contributed by atoms with E-state index in [1.807, 2.05) is 0 Å². The molecule has 2 atom stereocenters. The fourth-order valence-corrected chi connectivity index (χ4v) is 2.96. The highest BCUT2D eigenvalue weighted by molar-refractivity contribution is 4.85. The van der Waals surface area contributed by atoms with Crippen LogP contribution in [-0.4, -0.2) is 52.1 Å². The Hall–Kier alpha value is -0.160. The predicted molar refractivity (Wildman–Crippen MR) is 77.4 cm³/mol. The molecular formula is C15H30N2O2. The summed E-state index contributed by atoms with van der Waals surface area (Å²) in [6.45, 7) is 11.5. The van der Waals surface area contributed by atoms with Crippen molar-refractivity contribution >= 4 is 0 Å². The summed E-state index contributed by atoms with van der Waals surface area (Å²) in [6, 6.07) is 0.537. The summed E-state index contributed by atoms with van der Waals surface area (Å²) in [4.78, 5) is 0. The van der Waals surface area contributed by atoms with Gasteiger partial charge in [-0.1, -0.05) is 13.8 Å². The maximum absolute atomic E-state index is 5.61. The first kappa shape index (κ1) is 15.2. The van der Waals surface area contributed by atoms with E-state index in [-0.39, 0.29) is 0 Å². The van der Waals surface area contributed by atoms with Crippen molar-refractivity contribution in [3.63, 3.8) is 0 Å². The van der Waals surface area contributed by atoms with E-state index < -0.39 is 0 Å². The van der Waals surface area contributed by atoms with E-state index in [1.54, 1.807) is 0 Å². The van der Waals surface area contributed by atoms with E-state index in [1.165, 1.54) is 19.3 Å². The van der Waals surface area contributed by atoms with Crippen LogP contribution >= 0.6 is 0 Å². The Kier molecular flexibility index (Phi) is 6.07. The summed E-state index contributed by atoms with van der Waals surface area (Å²) in [6.07, 6.45) is 3.55. The van der Waals surface area contributed by atoms with Crippen molar-refractivity contribution < 1.29 is 9.47 Å². The SMILES string of the molecule is CCCNC1COCC1CNCC1(C)CCOCC1. The molecule has 2 unspecified atom stereocenters. The van der Waals surface area contributed by atoms with Gasteiger partial charge in [-0.15, -0.1) is 0 Å². The van der Waals surface area contributed by atoms with Crippen LogP contribution in [0.3, 0.4) is 0 Å². The molecule has 112 valence electrons. The lowest BCUT2D eigenvalue weighted by Crippen LogP contribution is -2.43. The lowest BCUT2D eigenvalue weighted by atomic mass is 9.82. The molecular weight excluding hydrogens is 240 g/mol. The van der Waals surface area contributed by atoms with Gasteiger partial charge in [0.1, 0.15) is 0 Å². The van der Waals surface area contributed by atoms with Gasteiger partial charge in [0.25, 0.3) is 0 Å². The van der Waals surface area contributed by atoms with Crippen molar-refractivity contribution in [2.75, 3.05) is 46.1 Å². The van der Waals surface area contributed by atoms with Crippen molar-refractivity contribution in [2.45, 2.75) is 39.2 Å². The van der Waals surface area contributed by atoms with Gasteiger partial charge in [0.15, 0.2) is 0 Å². The molecule has 2 saturated heterocycles. The third kappa shape index (κ3) is 4.71. The van der Waals surface area contributed by atoms with Crippen LogP contribution in [0.4, 0.5) is 0 Å². The standard InChI is InChI=1S/C15H30N2O2/c1-3-6-17-14-11-19-10-13(14)9-16-12-15(2)4-7-18-8-5-15/h13-14,16-17H,3-12H2,1-2H3. The molecule has 2 heterocycles. The highest BCUT2D eigenvalue weighted by Crippen LogP contribution is 2.28. The molecule has 2 rings (SSSR count). The zero-order valence-electron chi connectivity index (χ0n) is 12.5. The summed E-state index contributed by atoms with van der Waals surface area (Å²) in [7, 11) is 0. The average molecular weight is 270 g/mol. The Balaban J connectivity index is 1.66. The largest absolute Gasteiger partial charge is 0.381 e. The van der Waals surface area contributed by atoms with Gasteiger partial charge in [-0.05, 0) is 31.2 Å². The van der Waals surface area contributed by atoms with E-state index in [2.05, 4.69) is 24.5 Å². The fourth-order valence-electron chi connectivity index (χ4n) is 2.96. The van der Waals surface area contributed by atoms with Crippen LogP contribution in [0.2, 0.25) is 0 Å². The van der Waals surface area contributed by atoms with Crippen molar-refractivity contribution in [1.29, 1.82) is 0 Å². The molecule has 0 aromatic heterocycles. The minimum atomic E-state index is 0.421. The van der Waals surface area contributed by atoms with Gasteiger partial charge in [-0.2, -0.15) is 0 Å². The summed E-state index contributed by atoms with van der Waals surface area (Å²) < 4.78 is 11.1. The van der Waals surface area contributed by atoms with E-state index in [9.17, 15) is 0 Å². The number of nitrogens with one attached hydrogen (secondary N) is 2. The highest BCUT2D eigenvalue weighted by Gasteiger charge is 2.30. The molecule has 2 aliphatic rings. The van der Waals surface area contributed by atoms with E-state index >= 15 is 0 Å². The molecule has 19 heavy (non-hydrogen) atoms. The molecule has 0 bridgehead atoms. The van der Waals surface area contributed by atoms with Gasteiger partial charge in [0, 0.05) is 38.3 Å². The van der Waals surface area contributed by atoms with Gasteiger partial charge < -0.3 is 20.1 Å². The number of hydrogen-bond donors (Lipinski definition) is 2.